The summed E-state index contributed by atoms with van der Waals surface area (Å²) >= 11 is 0. The predicted octanol–water partition coefficient (Wildman–Crippen LogP) is -1.07. The molecular weight excluding hydrogens is 486 g/mol. The fourth-order valence-electron chi connectivity index (χ4n) is 4.24. The average Bonchev–Trinajstić information content (AvgIpc) is 3.32. The summed E-state index contributed by atoms with van der Waals surface area (Å²) in [6.45, 7) is 4.40. The molecule has 1 radical (unpaired) electrons. The zero-order valence-electron chi connectivity index (χ0n) is 16.9. The zero-order valence-corrected chi connectivity index (χ0v) is 20.9. The van der Waals surface area contributed by atoms with Crippen LogP contribution in [-0.4, -0.2) is 0 Å². The van der Waals surface area contributed by atoms with Crippen molar-refractivity contribution in [3.05, 3.63) is 123 Å². The Morgan fingerprint density at radius 2 is 1.50 bits per heavy atom. The maximum atomic E-state index is 3.70. The largest absolute Gasteiger partial charge is 3.00 e. The Bertz CT molecular complexity index is 1330. The van der Waals surface area contributed by atoms with E-state index in [2.05, 4.69) is 105 Å². The first-order chi connectivity index (χ1) is 13.2. The molecule has 0 amide bonds. The first-order valence-corrected chi connectivity index (χ1v) is 9.51. The van der Waals surface area contributed by atoms with E-state index in [1.54, 1.807) is 0 Å². The van der Waals surface area contributed by atoms with Crippen LogP contribution in [0.5, 0.6) is 0 Å². The molecule has 0 aromatic heterocycles. The van der Waals surface area contributed by atoms with Gasteiger partial charge in [0.25, 0.3) is 0 Å². The van der Waals surface area contributed by atoms with Gasteiger partial charge in [-0.3, -0.25) is 0 Å². The molecule has 0 bridgehead atoms. The molecule has 0 saturated heterocycles. The number of fused-ring (bicyclic) bond motifs is 2. The predicted molar refractivity (Wildman–Crippen MR) is 113 cm³/mol. The Hall–Kier alpha value is -1.66. The second-order valence-corrected chi connectivity index (χ2v) is 7.49. The first kappa shape index (κ1) is 24.6. The van der Waals surface area contributed by atoms with Crippen LogP contribution in [0.15, 0.2) is 85.0 Å². The molecule has 30 heavy (non-hydrogen) atoms. The van der Waals surface area contributed by atoms with Gasteiger partial charge in [-0.25, -0.2) is 0 Å². The second kappa shape index (κ2) is 10.1. The first-order valence-electron chi connectivity index (χ1n) is 9.51. The van der Waals surface area contributed by atoms with Crippen molar-refractivity contribution in [1.82, 2.24) is 0 Å². The van der Waals surface area contributed by atoms with Crippen molar-refractivity contribution in [3.63, 3.8) is 0 Å². The molecule has 5 rings (SSSR count). The van der Waals surface area contributed by atoms with Crippen molar-refractivity contribution in [3.8, 4) is 0 Å². The van der Waals surface area contributed by atoms with Gasteiger partial charge in [0.15, 0.2) is 0 Å². The number of rotatable bonds is 2. The van der Waals surface area contributed by atoms with E-state index in [9.17, 15) is 0 Å². The molecule has 147 valence electrons. The van der Waals surface area contributed by atoms with E-state index in [1.165, 1.54) is 48.7 Å². The van der Waals surface area contributed by atoms with Gasteiger partial charge < -0.3 is 24.8 Å². The molecule has 2 aliphatic carbocycles. The summed E-state index contributed by atoms with van der Waals surface area (Å²) in [5.74, 6) is 0.280. The normalized spacial score (nSPS) is 14.9. The maximum Gasteiger partial charge on any atom is 3.00 e. The molecule has 3 aromatic carbocycles. The standard InChI is InChI=1S/C27H21.2ClH.Zr/c1-18(2)23-14-15-25-24-11-7-6-10-21(24)17-26(25)27(23)22-13-12-20(16-22)19-8-4-3-5-9-19;;;/h3-16,22H,1-2H3;2*1H;/q-1;;;+3/p-2. The van der Waals surface area contributed by atoms with Gasteiger partial charge >= 0.3 is 26.2 Å². The molecular formula is C27H21Cl2Zr. The van der Waals surface area contributed by atoms with Crippen molar-refractivity contribution in [2.24, 2.45) is 0 Å². The van der Waals surface area contributed by atoms with E-state index in [0.29, 0.717) is 0 Å². The minimum Gasteiger partial charge on any atom is -1.00 e. The van der Waals surface area contributed by atoms with Gasteiger partial charge in [0.05, 0.1) is 0 Å². The molecule has 2 aliphatic rings. The maximum absolute atomic E-state index is 3.70. The molecule has 0 nitrogen and oxygen atoms in total. The van der Waals surface area contributed by atoms with Gasteiger partial charge in [-0.1, -0.05) is 95.2 Å². The smallest absolute Gasteiger partial charge is 1.00 e. The Balaban J connectivity index is 0.00000107. The van der Waals surface area contributed by atoms with E-state index >= 15 is 0 Å². The molecule has 0 fully saturated rings. The van der Waals surface area contributed by atoms with Crippen LogP contribution in [0.2, 0.25) is 0 Å². The Labute approximate surface area is 209 Å². The van der Waals surface area contributed by atoms with E-state index in [1.807, 2.05) is 0 Å². The number of allylic oxidation sites excluding steroid dienone is 4. The van der Waals surface area contributed by atoms with Gasteiger partial charge in [-0.15, -0.1) is 33.4 Å². The van der Waals surface area contributed by atoms with Gasteiger partial charge in [0.1, 0.15) is 0 Å². The summed E-state index contributed by atoms with van der Waals surface area (Å²) in [4.78, 5) is 0. The molecule has 3 heteroatoms. The minimum atomic E-state index is 0. The van der Waals surface area contributed by atoms with Crippen molar-refractivity contribution >= 4 is 17.2 Å². The number of halogens is 2. The third kappa shape index (κ3) is 4.22. The number of hydrogen-bond donors (Lipinski definition) is 0. The van der Waals surface area contributed by atoms with E-state index in [-0.39, 0.29) is 56.9 Å². The SMILES string of the molecule is CC(C)=c1ccc2c(c1C1C=CC(c3ccccc3)=C1)[C-]=c1ccccc1=2.[Cl-].[Cl-].[Zr+3]. The Kier molecular flexibility index (Phi) is 8.29. The quantitative estimate of drug-likeness (QED) is 0.303. The fourth-order valence-corrected chi connectivity index (χ4v) is 4.24. The number of benzene rings is 3. The second-order valence-electron chi connectivity index (χ2n) is 7.49. The molecule has 1 atom stereocenters. The molecule has 0 N–H and O–H groups in total. The fraction of sp³-hybridized carbons (Fsp3) is 0.111. The van der Waals surface area contributed by atoms with Gasteiger partial charge in [-0.2, -0.15) is 0 Å². The van der Waals surface area contributed by atoms with Crippen molar-refractivity contribution in [1.29, 1.82) is 0 Å². The van der Waals surface area contributed by atoms with E-state index in [0.717, 1.165) is 0 Å². The summed E-state index contributed by atoms with van der Waals surface area (Å²) in [6.07, 6.45) is 10.7. The van der Waals surface area contributed by atoms with Crippen LogP contribution in [0.25, 0.3) is 17.2 Å². The van der Waals surface area contributed by atoms with Gasteiger partial charge in [0, 0.05) is 0 Å². The Morgan fingerprint density at radius 3 is 2.23 bits per heavy atom. The van der Waals surface area contributed by atoms with Crippen LogP contribution in [-0.2, 0) is 26.2 Å². The monoisotopic (exact) mass is 505 g/mol. The topological polar surface area (TPSA) is 0 Å². The Morgan fingerprint density at radius 1 is 0.800 bits per heavy atom. The molecule has 3 aromatic rings. The van der Waals surface area contributed by atoms with E-state index < -0.39 is 0 Å². The molecule has 0 aliphatic heterocycles. The van der Waals surface area contributed by atoms with Crippen LogP contribution in [0, 0.1) is 10.4 Å². The van der Waals surface area contributed by atoms with Gasteiger partial charge in [0.2, 0.25) is 0 Å². The van der Waals surface area contributed by atoms with Crippen molar-refractivity contribution in [2.45, 2.75) is 19.8 Å². The summed E-state index contributed by atoms with van der Waals surface area (Å²) in [6, 6.07) is 23.8. The van der Waals surface area contributed by atoms with E-state index in [4.69, 9.17) is 0 Å². The molecule has 0 spiro atoms. The number of hydrogen-bond acceptors (Lipinski definition) is 0. The molecule has 0 heterocycles. The average molecular weight is 508 g/mol. The van der Waals surface area contributed by atoms with Gasteiger partial charge in [-0.05, 0) is 30.9 Å². The van der Waals surface area contributed by atoms with Crippen LogP contribution < -0.4 is 35.3 Å². The van der Waals surface area contributed by atoms with Crippen LogP contribution in [0.3, 0.4) is 0 Å². The zero-order chi connectivity index (χ0) is 18.4. The van der Waals surface area contributed by atoms with Crippen molar-refractivity contribution in [2.75, 3.05) is 0 Å². The summed E-state index contributed by atoms with van der Waals surface area (Å²) < 4.78 is 0. The summed E-state index contributed by atoms with van der Waals surface area (Å²) in [5.41, 5.74) is 6.56. The molecule has 0 saturated carbocycles. The van der Waals surface area contributed by atoms with Crippen LogP contribution in [0.4, 0.5) is 0 Å². The minimum absolute atomic E-state index is 0. The van der Waals surface area contributed by atoms with Crippen LogP contribution in [0.1, 0.15) is 36.5 Å². The molecule has 1 unspecified atom stereocenters. The third-order valence-corrected chi connectivity index (χ3v) is 5.54. The third-order valence-electron chi connectivity index (χ3n) is 5.54. The summed E-state index contributed by atoms with van der Waals surface area (Å²) in [7, 11) is 0. The summed E-state index contributed by atoms with van der Waals surface area (Å²) in [5, 5.41) is 5.15. The van der Waals surface area contributed by atoms with Crippen LogP contribution >= 0.6 is 0 Å². The van der Waals surface area contributed by atoms with Crippen molar-refractivity contribution < 1.29 is 51.0 Å².